The highest BCUT2D eigenvalue weighted by Crippen LogP contribution is 2.20. The van der Waals surface area contributed by atoms with Gasteiger partial charge in [0, 0.05) is 32.7 Å². The van der Waals surface area contributed by atoms with Gasteiger partial charge in [-0.15, -0.1) is 0 Å². The van der Waals surface area contributed by atoms with Gasteiger partial charge < -0.3 is 15.2 Å². The Kier molecular flexibility index (Phi) is 5.18. The molecule has 1 atom stereocenters. The predicted molar refractivity (Wildman–Crippen MR) is 93.7 cm³/mol. The molecular weight excluding hydrogens is 336 g/mol. The van der Waals surface area contributed by atoms with Crippen LogP contribution in [0, 0.1) is 0 Å². The first-order valence-electron chi connectivity index (χ1n) is 7.84. The quantitative estimate of drug-likeness (QED) is 0.660. The van der Waals surface area contributed by atoms with Crippen LogP contribution >= 0.6 is 0 Å². The van der Waals surface area contributed by atoms with Crippen LogP contribution in [0.5, 0.6) is 0 Å². The van der Waals surface area contributed by atoms with Crippen LogP contribution in [0.25, 0.3) is 11.4 Å². The number of aromatic nitrogens is 5. The first kappa shape index (κ1) is 17.5. The normalized spacial score (nSPS) is 11.9. The van der Waals surface area contributed by atoms with Gasteiger partial charge in [-0.05, 0) is 24.3 Å². The number of hydrogen-bond donors (Lipinski definition) is 2. The first-order valence-corrected chi connectivity index (χ1v) is 7.84. The summed E-state index contributed by atoms with van der Waals surface area (Å²) < 4.78 is 7.02. The monoisotopic (exact) mass is 354 g/mol. The Morgan fingerprint density at radius 3 is 2.73 bits per heavy atom. The number of rotatable bonds is 7. The number of carboxylic acid groups (broad SMARTS) is 1. The summed E-state index contributed by atoms with van der Waals surface area (Å²) in [5.74, 6) is -0.634. The van der Waals surface area contributed by atoms with Gasteiger partial charge in [0.15, 0.2) is 0 Å². The third-order valence-corrected chi connectivity index (χ3v) is 3.78. The summed E-state index contributed by atoms with van der Waals surface area (Å²) in [6.07, 6.45) is 4.74. The van der Waals surface area contributed by atoms with Crippen LogP contribution in [0.1, 0.15) is 22.1 Å². The molecule has 0 aliphatic rings. The lowest BCUT2D eigenvalue weighted by Crippen LogP contribution is -2.20. The third kappa shape index (κ3) is 3.83. The maximum absolute atomic E-state index is 11.1. The van der Waals surface area contributed by atoms with Gasteiger partial charge in [-0.3, -0.25) is 9.67 Å². The van der Waals surface area contributed by atoms with Crippen LogP contribution in [0.3, 0.4) is 0 Å². The summed E-state index contributed by atoms with van der Waals surface area (Å²) in [4.78, 5) is 24.0. The Labute approximate surface area is 149 Å². The zero-order chi connectivity index (χ0) is 18.5. The van der Waals surface area contributed by atoms with Gasteiger partial charge in [-0.1, -0.05) is 0 Å². The average molecular weight is 354 g/mol. The van der Waals surface area contributed by atoms with E-state index in [-0.39, 0.29) is 11.6 Å². The van der Waals surface area contributed by atoms with Gasteiger partial charge in [0.05, 0.1) is 35.3 Å². The van der Waals surface area contributed by atoms with Gasteiger partial charge in [0.1, 0.15) is 0 Å². The van der Waals surface area contributed by atoms with Crippen molar-refractivity contribution in [2.24, 2.45) is 7.05 Å². The Balaban J connectivity index is 1.88. The van der Waals surface area contributed by atoms with Crippen LogP contribution in [0.4, 0.5) is 5.95 Å². The second-order valence-electron chi connectivity index (χ2n) is 5.53. The second-order valence-corrected chi connectivity index (χ2v) is 5.53. The fourth-order valence-corrected chi connectivity index (χ4v) is 2.52. The van der Waals surface area contributed by atoms with E-state index in [1.165, 1.54) is 18.3 Å². The van der Waals surface area contributed by atoms with E-state index < -0.39 is 5.97 Å². The molecule has 3 aromatic heterocycles. The lowest BCUT2D eigenvalue weighted by Gasteiger charge is -2.18. The van der Waals surface area contributed by atoms with Crippen LogP contribution in [-0.2, 0) is 11.8 Å². The molecule has 1 unspecified atom stereocenters. The third-order valence-electron chi connectivity index (χ3n) is 3.78. The smallest absolute Gasteiger partial charge is 0.335 e. The van der Waals surface area contributed by atoms with Gasteiger partial charge >= 0.3 is 5.97 Å². The highest BCUT2D eigenvalue weighted by molar-refractivity contribution is 5.88. The topological polar surface area (TPSA) is 115 Å². The molecule has 9 heteroatoms. The minimum atomic E-state index is -1.02. The van der Waals surface area contributed by atoms with E-state index >= 15 is 0 Å². The number of pyridine rings is 1. The Morgan fingerprint density at radius 2 is 2.04 bits per heavy atom. The highest BCUT2D eigenvalue weighted by Gasteiger charge is 2.17. The molecule has 9 nitrogen and oxygen atoms in total. The fraction of sp³-hybridized carbons (Fsp3) is 0.235. The predicted octanol–water partition coefficient (Wildman–Crippen LogP) is 1.77. The molecule has 0 amide bonds. The Hall–Kier alpha value is -3.33. The molecule has 3 rings (SSSR count). The summed E-state index contributed by atoms with van der Waals surface area (Å²) in [6, 6.07) is 6.28. The van der Waals surface area contributed by atoms with E-state index in [0.29, 0.717) is 23.9 Å². The number of carbonyl (C=O) groups is 1. The molecular formula is C17H18N6O3. The molecule has 3 aromatic rings. The molecule has 3 heterocycles. The van der Waals surface area contributed by atoms with E-state index in [9.17, 15) is 4.79 Å². The van der Waals surface area contributed by atoms with Gasteiger partial charge in [0.2, 0.25) is 5.95 Å². The molecule has 0 radical (unpaired) electrons. The van der Waals surface area contributed by atoms with E-state index in [4.69, 9.17) is 9.84 Å². The summed E-state index contributed by atoms with van der Waals surface area (Å²) in [5.41, 5.74) is 2.05. The van der Waals surface area contributed by atoms with E-state index in [1.54, 1.807) is 30.3 Å². The molecule has 0 aliphatic carbocycles. The van der Waals surface area contributed by atoms with Crippen molar-refractivity contribution in [3.8, 4) is 11.4 Å². The van der Waals surface area contributed by atoms with Crippen molar-refractivity contribution in [1.29, 1.82) is 0 Å². The minimum Gasteiger partial charge on any atom is -0.478 e. The number of hydrogen-bond acceptors (Lipinski definition) is 7. The van der Waals surface area contributed by atoms with Crippen molar-refractivity contribution < 1.29 is 14.6 Å². The molecule has 0 aromatic carbocycles. The number of methoxy groups -OCH3 is 1. The maximum atomic E-state index is 11.1. The molecule has 0 spiro atoms. The van der Waals surface area contributed by atoms with E-state index in [0.717, 1.165) is 5.69 Å². The highest BCUT2D eigenvalue weighted by atomic mass is 16.5. The summed E-state index contributed by atoms with van der Waals surface area (Å²) in [7, 11) is 3.46. The summed E-state index contributed by atoms with van der Waals surface area (Å²) in [6.45, 7) is 0.403. The molecule has 0 aliphatic heterocycles. The lowest BCUT2D eigenvalue weighted by molar-refractivity contribution is 0.0697. The molecule has 134 valence electrons. The standard InChI is InChI=1S/C17H18N6O3/c1-23-15(5-8-20-23)14(10-26-2)22-17-19-7-4-12(21-17)13-9-11(16(24)25)3-6-18-13/h3-9,14H,10H2,1-2H3,(H,24,25)(H,19,21,22). The largest absolute Gasteiger partial charge is 0.478 e. The molecule has 0 saturated heterocycles. The second kappa shape index (κ2) is 7.70. The Morgan fingerprint density at radius 1 is 1.23 bits per heavy atom. The average Bonchev–Trinajstić information content (AvgIpc) is 3.07. The fourth-order valence-electron chi connectivity index (χ4n) is 2.52. The maximum Gasteiger partial charge on any atom is 0.335 e. The molecule has 2 N–H and O–H groups in total. The van der Waals surface area contributed by atoms with Gasteiger partial charge in [0.25, 0.3) is 0 Å². The molecule has 0 saturated carbocycles. The molecule has 0 fully saturated rings. The number of aromatic carboxylic acids is 1. The number of ether oxygens (including phenoxy) is 1. The van der Waals surface area contributed by atoms with Crippen LogP contribution in [-0.4, -0.2) is 49.5 Å². The van der Waals surface area contributed by atoms with Crippen LogP contribution in [0.15, 0.2) is 42.9 Å². The Bertz CT molecular complexity index is 911. The zero-order valence-electron chi connectivity index (χ0n) is 14.3. The number of nitrogens with zero attached hydrogens (tertiary/aromatic N) is 5. The van der Waals surface area contributed by atoms with E-state index in [1.807, 2.05) is 13.1 Å². The SMILES string of the molecule is COCC(Nc1nccc(-c2cc(C(=O)O)ccn2)n1)c1ccnn1C. The van der Waals surface area contributed by atoms with Crippen molar-refractivity contribution >= 4 is 11.9 Å². The van der Waals surface area contributed by atoms with Crippen molar-refractivity contribution in [1.82, 2.24) is 24.7 Å². The van der Waals surface area contributed by atoms with E-state index in [2.05, 4.69) is 25.4 Å². The number of carboxylic acids is 1. The first-order chi connectivity index (χ1) is 12.6. The number of aryl methyl sites for hydroxylation is 1. The zero-order valence-corrected chi connectivity index (χ0v) is 14.3. The number of anilines is 1. The van der Waals surface area contributed by atoms with Gasteiger partial charge in [-0.2, -0.15) is 5.10 Å². The molecule has 26 heavy (non-hydrogen) atoms. The van der Waals surface area contributed by atoms with Crippen molar-refractivity contribution in [2.75, 3.05) is 19.0 Å². The summed E-state index contributed by atoms with van der Waals surface area (Å²) >= 11 is 0. The lowest BCUT2D eigenvalue weighted by atomic mass is 10.2. The minimum absolute atomic E-state index is 0.148. The number of nitrogens with one attached hydrogen (secondary N) is 1. The van der Waals surface area contributed by atoms with Crippen molar-refractivity contribution in [3.05, 3.63) is 54.1 Å². The van der Waals surface area contributed by atoms with Gasteiger partial charge in [-0.25, -0.2) is 14.8 Å². The molecule has 0 bridgehead atoms. The van der Waals surface area contributed by atoms with Crippen molar-refractivity contribution in [2.45, 2.75) is 6.04 Å². The van der Waals surface area contributed by atoms with Crippen LogP contribution < -0.4 is 5.32 Å². The van der Waals surface area contributed by atoms with Crippen molar-refractivity contribution in [3.63, 3.8) is 0 Å². The van der Waals surface area contributed by atoms with Crippen LogP contribution in [0.2, 0.25) is 0 Å². The summed E-state index contributed by atoms with van der Waals surface area (Å²) in [5, 5.41) is 16.5.